The highest BCUT2D eigenvalue weighted by Crippen LogP contribution is 2.50. The second-order valence-electron chi connectivity index (χ2n) is 7.97. The predicted molar refractivity (Wildman–Crippen MR) is 103 cm³/mol. The van der Waals surface area contributed by atoms with Crippen molar-refractivity contribution in [3.8, 4) is 0 Å². The van der Waals surface area contributed by atoms with E-state index >= 15 is 0 Å². The molecule has 0 saturated carbocycles. The minimum atomic E-state index is -1.29. The smallest absolute Gasteiger partial charge is 0.334 e. The van der Waals surface area contributed by atoms with Crippen LogP contribution in [0.5, 0.6) is 0 Å². The lowest BCUT2D eigenvalue weighted by atomic mass is 9.78. The number of aliphatic hydroxyl groups is 1. The quantitative estimate of drug-likeness (QED) is 0.439. The van der Waals surface area contributed by atoms with Crippen LogP contribution in [0.25, 0.3) is 0 Å². The van der Waals surface area contributed by atoms with E-state index < -0.39 is 53.7 Å². The lowest BCUT2D eigenvalue weighted by molar-refractivity contribution is -0.167. The molecule has 0 aromatic carbocycles. The van der Waals surface area contributed by atoms with E-state index in [1.165, 1.54) is 6.92 Å². The van der Waals surface area contributed by atoms with Gasteiger partial charge in [0.05, 0.1) is 17.4 Å². The molecule has 1 aliphatic heterocycles. The maximum Gasteiger partial charge on any atom is 0.334 e. The topological polar surface area (TPSA) is 99.1 Å². The molecule has 156 valence electrons. The first kappa shape index (κ1) is 21.0. The van der Waals surface area contributed by atoms with Gasteiger partial charge in [-0.2, -0.15) is 0 Å². The molecule has 0 aromatic rings. The Hall–Kier alpha value is -2.67. The molecule has 0 amide bonds. The van der Waals surface area contributed by atoms with Crippen LogP contribution in [0.3, 0.4) is 0 Å². The van der Waals surface area contributed by atoms with Gasteiger partial charge < -0.3 is 19.3 Å². The highest BCUT2D eigenvalue weighted by atomic mass is 16.6. The molecule has 6 atom stereocenters. The molecule has 1 fully saturated rings. The van der Waals surface area contributed by atoms with E-state index in [1.807, 2.05) is 0 Å². The molecule has 2 aliphatic carbocycles. The van der Waals surface area contributed by atoms with Crippen LogP contribution in [0.1, 0.15) is 34.6 Å². The molecule has 1 heterocycles. The number of carbonyl (C=O) groups is 3. The summed E-state index contributed by atoms with van der Waals surface area (Å²) in [7, 11) is 0. The molecule has 1 saturated heterocycles. The van der Waals surface area contributed by atoms with Crippen molar-refractivity contribution < 1.29 is 33.7 Å². The number of ether oxygens (including phenoxy) is 3. The summed E-state index contributed by atoms with van der Waals surface area (Å²) in [5, 5.41) is 10.9. The summed E-state index contributed by atoms with van der Waals surface area (Å²) in [5.41, 5.74) is 0.558. The number of hydrogen-bond donors (Lipinski definition) is 1. The predicted octanol–water partition coefficient (Wildman–Crippen LogP) is 2.16. The third kappa shape index (κ3) is 3.44. The number of fused-ring (bicyclic) bond motifs is 3. The fourth-order valence-corrected chi connectivity index (χ4v) is 4.34. The maximum absolute atomic E-state index is 12.5. The number of rotatable bonds is 3. The molecule has 3 aliphatic rings. The molecule has 29 heavy (non-hydrogen) atoms. The van der Waals surface area contributed by atoms with Gasteiger partial charge in [-0.3, -0.25) is 4.79 Å². The van der Waals surface area contributed by atoms with Gasteiger partial charge >= 0.3 is 17.9 Å². The molecular formula is C22H26O7. The summed E-state index contributed by atoms with van der Waals surface area (Å²) < 4.78 is 16.9. The molecule has 0 aromatic heterocycles. The number of hydrogen-bond acceptors (Lipinski definition) is 7. The highest BCUT2D eigenvalue weighted by Gasteiger charge is 2.59. The van der Waals surface area contributed by atoms with Gasteiger partial charge in [0, 0.05) is 18.1 Å². The van der Waals surface area contributed by atoms with Crippen LogP contribution in [-0.4, -0.2) is 46.9 Å². The van der Waals surface area contributed by atoms with Gasteiger partial charge in [0.2, 0.25) is 0 Å². The lowest BCUT2D eigenvalue weighted by Gasteiger charge is -2.34. The second kappa shape index (κ2) is 7.30. The summed E-state index contributed by atoms with van der Waals surface area (Å²) in [6, 6.07) is 0. The third-order valence-corrected chi connectivity index (χ3v) is 5.98. The molecule has 1 N–H and O–H groups in total. The Balaban J connectivity index is 2.18. The zero-order valence-corrected chi connectivity index (χ0v) is 17.2. The van der Waals surface area contributed by atoms with Gasteiger partial charge in [0.1, 0.15) is 6.10 Å². The van der Waals surface area contributed by atoms with Crippen LogP contribution in [0.4, 0.5) is 0 Å². The summed E-state index contributed by atoms with van der Waals surface area (Å²) >= 11 is 0. The zero-order valence-electron chi connectivity index (χ0n) is 17.2. The summed E-state index contributed by atoms with van der Waals surface area (Å²) in [6.07, 6.45) is 2.22. The Morgan fingerprint density at radius 3 is 2.55 bits per heavy atom. The van der Waals surface area contributed by atoms with Crippen molar-refractivity contribution in [2.75, 3.05) is 0 Å². The Morgan fingerprint density at radius 2 is 1.97 bits per heavy atom. The van der Waals surface area contributed by atoms with E-state index in [0.29, 0.717) is 16.7 Å². The van der Waals surface area contributed by atoms with Crippen molar-refractivity contribution in [1.29, 1.82) is 0 Å². The Morgan fingerprint density at radius 1 is 1.31 bits per heavy atom. The molecular weight excluding hydrogens is 376 g/mol. The summed E-state index contributed by atoms with van der Waals surface area (Å²) in [6.45, 7) is 11.8. The SMILES string of the molecule is C=C1C(=O)O[C@H]2[C@H]1[C@@H](OC(C)=O)[C@H](OC(=O)/C(C)=C\C)C(C)=C1C=C[C@@](C)(O)[C@@H]12. The Labute approximate surface area is 169 Å². The molecule has 7 heteroatoms. The van der Waals surface area contributed by atoms with Gasteiger partial charge in [-0.05, 0) is 38.8 Å². The third-order valence-electron chi connectivity index (χ3n) is 5.98. The van der Waals surface area contributed by atoms with Crippen molar-refractivity contribution in [3.05, 3.63) is 47.1 Å². The summed E-state index contributed by atoms with van der Waals surface area (Å²) in [4.78, 5) is 36.8. The van der Waals surface area contributed by atoms with Crippen molar-refractivity contribution >= 4 is 17.9 Å². The van der Waals surface area contributed by atoms with E-state index in [9.17, 15) is 19.5 Å². The Kier molecular flexibility index (Phi) is 5.30. The van der Waals surface area contributed by atoms with Crippen molar-refractivity contribution in [1.82, 2.24) is 0 Å². The zero-order chi connectivity index (χ0) is 21.7. The van der Waals surface area contributed by atoms with Crippen molar-refractivity contribution in [2.24, 2.45) is 11.8 Å². The molecule has 0 unspecified atom stereocenters. The minimum Gasteiger partial charge on any atom is -0.457 e. The highest BCUT2D eigenvalue weighted by molar-refractivity contribution is 5.91. The van der Waals surface area contributed by atoms with Gasteiger partial charge in [-0.1, -0.05) is 24.8 Å². The first-order chi connectivity index (χ1) is 13.5. The largest absolute Gasteiger partial charge is 0.457 e. The number of esters is 3. The standard InChI is InChI=1S/C22H26O7/c1-7-10(2)20(24)28-17-11(3)14-8-9-22(6,26)16(14)18-15(12(4)21(25)29-18)19(17)27-13(5)23/h7-9,15-19,26H,4H2,1-3,5-6H3/b10-7-/t15-,16-,17+,18-,19+,22+/m0/s1. The van der Waals surface area contributed by atoms with E-state index in [0.717, 1.165) is 0 Å². The molecule has 3 rings (SSSR count). The van der Waals surface area contributed by atoms with Crippen molar-refractivity contribution in [3.63, 3.8) is 0 Å². The Bertz CT molecular complexity index is 874. The van der Waals surface area contributed by atoms with Gasteiger partial charge in [0.15, 0.2) is 12.2 Å². The van der Waals surface area contributed by atoms with Gasteiger partial charge in [-0.15, -0.1) is 0 Å². The molecule has 0 spiro atoms. The van der Waals surface area contributed by atoms with Crippen LogP contribution in [0.15, 0.2) is 47.1 Å². The maximum atomic E-state index is 12.5. The average Bonchev–Trinajstić information content (AvgIpc) is 3.08. The fraction of sp³-hybridized carbons (Fsp3) is 0.500. The van der Waals surface area contributed by atoms with E-state index in [1.54, 1.807) is 45.9 Å². The van der Waals surface area contributed by atoms with E-state index in [-0.39, 0.29) is 5.57 Å². The summed E-state index contributed by atoms with van der Waals surface area (Å²) in [5.74, 6) is -3.13. The van der Waals surface area contributed by atoms with Crippen molar-refractivity contribution in [2.45, 2.75) is 58.5 Å². The average molecular weight is 402 g/mol. The van der Waals surface area contributed by atoms with E-state index in [2.05, 4.69) is 6.58 Å². The van der Waals surface area contributed by atoms with Crippen LogP contribution in [-0.2, 0) is 28.6 Å². The lowest BCUT2D eigenvalue weighted by Crippen LogP contribution is -2.46. The second-order valence-corrected chi connectivity index (χ2v) is 7.97. The number of allylic oxidation sites excluding steroid dienone is 2. The molecule has 0 bridgehead atoms. The first-order valence-electron chi connectivity index (χ1n) is 9.52. The van der Waals surface area contributed by atoms with Crippen LogP contribution >= 0.6 is 0 Å². The number of carbonyl (C=O) groups excluding carboxylic acids is 3. The first-order valence-corrected chi connectivity index (χ1v) is 9.52. The van der Waals surface area contributed by atoms with Gasteiger partial charge in [-0.25, -0.2) is 9.59 Å². The molecule has 0 radical (unpaired) electrons. The fourth-order valence-electron chi connectivity index (χ4n) is 4.34. The van der Waals surface area contributed by atoms with Crippen LogP contribution in [0, 0.1) is 11.8 Å². The molecule has 7 nitrogen and oxygen atoms in total. The minimum absolute atomic E-state index is 0.127. The monoisotopic (exact) mass is 402 g/mol. The van der Waals surface area contributed by atoms with Gasteiger partial charge in [0.25, 0.3) is 0 Å². The van der Waals surface area contributed by atoms with Crippen LogP contribution < -0.4 is 0 Å². The van der Waals surface area contributed by atoms with E-state index in [4.69, 9.17) is 14.2 Å². The normalized spacial score (nSPS) is 36.3. The van der Waals surface area contributed by atoms with Crippen LogP contribution in [0.2, 0.25) is 0 Å².